The topological polar surface area (TPSA) is 50.9 Å². The smallest absolute Gasteiger partial charge is 0.148 e. The molecule has 0 bridgehead atoms. The molecular formula is C64H64N3OPt-. The van der Waals surface area contributed by atoms with Crippen LogP contribution in [0.2, 0.25) is 0 Å². The summed E-state index contributed by atoms with van der Waals surface area (Å²) in [7, 11) is 0. The maximum absolute atomic E-state index is 12.5. The van der Waals surface area contributed by atoms with Gasteiger partial charge in [-0.2, -0.15) is 0 Å². The van der Waals surface area contributed by atoms with Crippen LogP contribution in [-0.4, -0.2) is 19.6 Å². The van der Waals surface area contributed by atoms with Gasteiger partial charge in [-0.25, -0.2) is 4.98 Å². The number of phenols is 1. The molecule has 0 radical (unpaired) electrons. The van der Waals surface area contributed by atoms with E-state index in [2.05, 4.69) is 191 Å². The zero-order chi connectivity index (χ0) is 50.9. The minimum Gasteiger partial charge on any atom is -0.507 e. The van der Waals surface area contributed by atoms with Crippen LogP contribution in [0, 0.1) is 33.7 Å². The molecule has 9 aromatic rings. The van der Waals surface area contributed by atoms with Crippen molar-refractivity contribution in [1.29, 1.82) is 0 Å². The van der Waals surface area contributed by atoms with E-state index in [-0.39, 0.29) is 48.6 Å². The summed E-state index contributed by atoms with van der Waals surface area (Å²) in [6.07, 6.45) is 1.77. The van der Waals surface area contributed by atoms with Gasteiger partial charge in [0.15, 0.2) is 0 Å². The molecule has 1 N–H and O–H groups in total. The largest absolute Gasteiger partial charge is 0.507 e. The number of aromatic hydroxyl groups is 1. The van der Waals surface area contributed by atoms with Crippen molar-refractivity contribution in [2.45, 2.75) is 106 Å². The van der Waals surface area contributed by atoms with Gasteiger partial charge in [0.25, 0.3) is 0 Å². The van der Waals surface area contributed by atoms with Crippen LogP contribution in [-0.2, 0) is 37.3 Å². The van der Waals surface area contributed by atoms with Crippen LogP contribution in [0.3, 0.4) is 0 Å². The Morgan fingerprint density at radius 2 is 1.20 bits per heavy atom. The van der Waals surface area contributed by atoms with E-state index in [1.54, 1.807) is 18.3 Å². The first-order valence-electron chi connectivity index (χ1n) is 25.2. The van der Waals surface area contributed by atoms with Gasteiger partial charge >= 0.3 is 0 Å². The van der Waals surface area contributed by atoms with Crippen LogP contribution in [0.15, 0.2) is 146 Å². The van der Waals surface area contributed by atoms with Crippen LogP contribution in [0.25, 0.3) is 83.9 Å². The first-order chi connectivity index (χ1) is 33.4. The molecule has 9 rings (SSSR count). The van der Waals surface area contributed by atoms with Crippen LogP contribution >= 0.6 is 0 Å². The van der Waals surface area contributed by atoms with Crippen molar-refractivity contribution in [1.82, 2.24) is 14.5 Å². The number of aryl methyl sites for hydroxylation is 4. The van der Waals surface area contributed by atoms with Gasteiger partial charge < -0.3 is 5.11 Å². The van der Waals surface area contributed by atoms with Crippen LogP contribution in [0.4, 0.5) is 0 Å². The van der Waals surface area contributed by atoms with Gasteiger partial charge in [0.1, 0.15) is 11.6 Å². The Kier molecular flexibility index (Phi) is 12.1. The minimum atomic E-state index is -2.43. The van der Waals surface area contributed by atoms with Gasteiger partial charge in [-0.15, -0.1) is 29.3 Å². The standard InChI is InChI=1S/C64H64N3O.Pt/c1-39-30-41(3)58(42(4)31-39)45-24-22-43(23-25-45)46-28-29-65-55(35-46)48-33-40(2)32-47(34-48)51-20-17-21-57-59(51)66-61(53-37-50(63(8,9)10)38-54(60(53)68)64(11,12)13)67(57)56-27-26-49(62(5,6)7)36-52(56)44-18-15-14-16-19-44;/h14-33,35-38,68H,1-13H3;/q-1;/i2D3;. The number of para-hydroxylation sites is 1. The normalized spacial score (nSPS) is 12.9. The van der Waals surface area contributed by atoms with Crippen molar-refractivity contribution in [3.8, 4) is 78.6 Å². The fourth-order valence-corrected chi connectivity index (χ4v) is 9.67. The van der Waals surface area contributed by atoms with Gasteiger partial charge in [-0.05, 0) is 117 Å². The summed E-state index contributed by atoms with van der Waals surface area (Å²) in [4.78, 5) is 10.4. The number of fused-ring (bicyclic) bond motifs is 1. The molecule has 69 heavy (non-hydrogen) atoms. The van der Waals surface area contributed by atoms with Gasteiger partial charge in [0.05, 0.1) is 22.3 Å². The average Bonchev–Trinajstić information content (AvgIpc) is 3.69. The zero-order valence-electron chi connectivity index (χ0n) is 45.0. The SMILES string of the molecule is [2H]C([2H])([2H])c1cc(-c2cc(-c3ccc(-c4c(C)cc(C)cc4C)cc3)ccn2)[c-]c(-c2cccc3c2nc(-c2cc(C(C)(C)C)cc(C(C)(C)C)c2O)n3-c2ccc(C(C)(C)C)cc2-c2ccccc2)c1.[Pt]. The van der Waals surface area contributed by atoms with E-state index in [4.69, 9.17) is 14.1 Å². The summed E-state index contributed by atoms with van der Waals surface area (Å²) in [6.45, 7) is 23.6. The summed E-state index contributed by atoms with van der Waals surface area (Å²) < 4.78 is 28.3. The summed E-state index contributed by atoms with van der Waals surface area (Å²) >= 11 is 0. The van der Waals surface area contributed by atoms with E-state index >= 15 is 0 Å². The summed E-state index contributed by atoms with van der Waals surface area (Å²) in [6, 6.07) is 51.4. The first-order valence-corrected chi connectivity index (χ1v) is 23.7. The molecule has 0 aliphatic carbocycles. The van der Waals surface area contributed by atoms with Crippen LogP contribution < -0.4 is 0 Å². The van der Waals surface area contributed by atoms with Crippen molar-refractivity contribution in [3.63, 3.8) is 0 Å². The molecule has 0 atom stereocenters. The predicted octanol–water partition coefficient (Wildman–Crippen LogP) is 17.1. The third-order valence-corrected chi connectivity index (χ3v) is 13.3. The minimum absolute atomic E-state index is 0. The maximum atomic E-state index is 12.5. The Labute approximate surface area is 429 Å². The van der Waals surface area contributed by atoms with E-state index in [9.17, 15) is 5.11 Å². The number of pyridine rings is 1. The van der Waals surface area contributed by atoms with E-state index in [1.807, 2.05) is 30.3 Å². The van der Waals surface area contributed by atoms with E-state index in [1.165, 1.54) is 27.8 Å². The van der Waals surface area contributed by atoms with Gasteiger partial charge in [-0.3, -0.25) is 9.55 Å². The molecule has 0 spiro atoms. The van der Waals surface area contributed by atoms with Crippen molar-refractivity contribution in [3.05, 3.63) is 191 Å². The second-order valence-electron chi connectivity index (χ2n) is 21.7. The molecule has 352 valence electrons. The molecular weight excluding hydrogens is 1020 g/mol. The molecule has 7 aromatic carbocycles. The monoisotopic (exact) mass is 1090 g/mol. The fourth-order valence-electron chi connectivity index (χ4n) is 9.67. The van der Waals surface area contributed by atoms with Crippen LogP contribution in [0.5, 0.6) is 5.75 Å². The number of aromatic nitrogens is 3. The molecule has 0 aliphatic rings. The summed E-state index contributed by atoms with van der Waals surface area (Å²) in [5.74, 6) is 0.748. The molecule has 0 unspecified atom stereocenters. The molecule has 2 heterocycles. The number of imidazole rings is 1. The number of phenolic OH excluding ortho intramolecular Hbond substituents is 1. The quantitative estimate of drug-likeness (QED) is 0.162. The molecule has 0 saturated heterocycles. The molecule has 0 fully saturated rings. The van der Waals surface area contributed by atoms with E-state index < -0.39 is 6.85 Å². The fraction of sp³-hybridized carbons (Fsp3) is 0.250. The Bertz CT molecular complexity index is 3470. The third kappa shape index (κ3) is 9.66. The van der Waals surface area contributed by atoms with Gasteiger partial charge in [-0.1, -0.05) is 183 Å². The Hall–Kier alpha value is -6.35. The number of hydrogen-bond acceptors (Lipinski definition) is 3. The van der Waals surface area contributed by atoms with E-state index in [0.717, 1.165) is 50.1 Å². The average molecular weight is 1090 g/mol. The number of hydrogen-bond donors (Lipinski definition) is 1. The van der Waals surface area contributed by atoms with Crippen LogP contribution in [0.1, 0.15) is 105 Å². The Balaban J connectivity index is 0.00000693. The second-order valence-corrected chi connectivity index (χ2v) is 21.7. The van der Waals surface area contributed by atoms with Crippen molar-refractivity contribution < 1.29 is 30.3 Å². The number of benzene rings is 7. The molecule has 0 amide bonds. The predicted molar refractivity (Wildman–Crippen MR) is 287 cm³/mol. The second kappa shape index (κ2) is 18.5. The summed E-state index contributed by atoms with van der Waals surface area (Å²) in [5, 5.41) is 12.5. The molecule has 4 nitrogen and oxygen atoms in total. The molecule has 0 saturated carbocycles. The van der Waals surface area contributed by atoms with Gasteiger partial charge in [0.2, 0.25) is 0 Å². The van der Waals surface area contributed by atoms with Crippen molar-refractivity contribution in [2.24, 2.45) is 0 Å². The maximum Gasteiger partial charge on any atom is 0.148 e. The number of nitrogens with zero attached hydrogens (tertiary/aromatic N) is 3. The van der Waals surface area contributed by atoms with Gasteiger partial charge in [0, 0.05) is 48.2 Å². The Morgan fingerprint density at radius 1 is 0.551 bits per heavy atom. The third-order valence-electron chi connectivity index (χ3n) is 13.3. The molecule has 2 aromatic heterocycles. The molecule has 5 heteroatoms. The first kappa shape index (κ1) is 45.1. The molecule has 0 aliphatic heterocycles. The van der Waals surface area contributed by atoms with Crippen molar-refractivity contribution >= 4 is 11.0 Å². The number of rotatable bonds is 7. The zero-order valence-corrected chi connectivity index (χ0v) is 44.2. The van der Waals surface area contributed by atoms with Crippen molar-refractivity contribution in [2.75, 3.05) is 0 Å². The van der Waals surface area contributed by atoms with E-state index in [0.29, 0.717) is 39.3 Å². The summed E-state index contributed by atoms with van der Waals surface area (Å²) in [5.41, 5.74) is 18.1. The Morgan fingerprint density at radius 3 is 1.86 bits per heavy atom.